The Morgan fingerprint density at radius 3 is 2.54 bits per heavy atom. The molecule has 0 N–H and O–H groups in total. The highest BCUT2D eigenvalue weighted by molar-refractivity contribution is 7.99. The van der Waals surface area contributed by atoms with Crippen LogP contribution in [0.1, 0.15) is 17.7 Å². The molecule has 4 rings (SSSR count). The van der Waals surface area contributed by atoms with Gasteiger partial charge in [0.25, 0.3) is 5.56 Å². The van der Waals surface area contributed by atoms with Crippen molar-refractivity contribution in [2.24, 2.45) is 0 Å². The van der Waals surface area contributed by atoms with Gasteiger partial charge in [-0.25, -0.2) is 9.37 Å². The number of benzene rings is 3. The average Bonchev–Trinajstić information content (AvgIpc) is 2.68. The topological polar surface area (TPSA) is 34.9 Å². The van der Waals surface area contributed by atoms with Gasteiger partial charge in [0.2, 0.25) is 0 Å². The van der Waals surface area contributed by atoms with Crippen molar-refractivity contribution in [3.63, 3.8) is 0 Å². The Bertz CT molecular complexity index is 1210. The molecule has 0 aliphatic rings. The lowest BCUT2D eigenvalue weighted by molar-refractivity contribution is 0.627. The number of aromatic nitrogens is 2. The van der Waals surface area contributed by atoms with E-state index in [0.717, 1.165) is 5.56 Å². The summed E-state index contributed by atoms with van der Waals surface area (Å²) in [6.45, 7) is 2.00. The van der Waals surface area contributed by atoms with Gasteiger partial charge in [-0.05, 0) is 55.0 Å². The number of halogens is 2. The number of para-hydroxylation sites is 1. The summed E-state index contributed by atoms with van der Waals surface area (Å²) in [5.41, 5.74) is 2.09. The largest absolute Gasteiger partial charge is 0.268 e. The van der Waals surface area contributed by atoms with Crippen LogP contribution in [0.4, 0.5) is 4.39 Å². The van der Waals surface area contributed by atoms with Gasteiger partial charge in [-0.1, -0.05) is 53.7 Å². The molecule has 0 aliphatic heterocycles. The van der Waals surface area contributed by atoms with Crippen molar-refractivity contribution < 1.29 is 4.39 Å². The van der Waals surface area contributed by atoms with Crippen LogP contribution in [0.5, 0.6) is 0 Å². The molecular formula is C22H16ClFN2OS. The van der Waals surface area contributed by atoms with E-state index < -0.39 is 0 Å². The molecule has 1 aromatic heterocycles. The molecule has 1 heterocycles. The Morgan fingerprint density at radius 2 is 1.79 bits per heavy atom. The molecule has 1 atom stereocenters. The molecule has 0 spiro atoms. The Balaban J connectivity index is 1.87. The van der Waals surface area contributed by atoms with E-state index in [4.69, 9.17) is 16.6 Å². The van der Waals surface area contributed by atoms with Gasteiger partial charge in [0.1, 0.15) is 5.82 Å². The van der Waals surface area contributed by atoms with E-state index >= 15 is 0 Å². The van der Waals surface area contributed by atoms with E-state index in [-0.39, 0.29) is 16.6 Å². The first-order valence-electron chi connectivity index (χ1n) is 8.73. The van der Waals surface area contributed by atoms with Gasteiger partial charge >= 0.3 is 0 Å². The summed E-state index contributed by atoms with van der Waals surface area (Å²) in [6.07, 6.45) is 0. The molecule has 0 bridgehead atoms. The van der Waals surface area contributed by atoms with E-state index in [1.807, 2.05) is 31.2 Å². The molecule has 0 amide bonds. The predicted octanol–water partition coefficient (Wildman–Crippen LogP) is 6.03. The summed E-state index contributed by atoms with van der Waals surface area (Å²) in [5.74, 6) is -0.277. The monoisotopic (exact) mass is 410 g/mol. The number of hydrogen-bond donors (Lipinski definition) is 0. The smallest absolute Gasteiger partial charge is 0.266 e. The Labute approximate surface area is 170 Å². The molecule has 0 aliphatic carbocycles. The molecule has 3 nitrogen and oxygen atoms in total. The number of fused-ring (bicyclic) bond motifs is 1. The summed E-state index contributed by atoms with van der Waals surface area (Å²) < 4.78 is 14.8. The van der Waals surface area contributed by atoms with Crippen LogP contribution in [0, 0.1) is 5.82 Å². The molecule has 3 aromatic carbocycles. The Hall–Kier alpha value is -2.63. The van der Waals surface area contributed by atoms with Crippen LogP contribution in [0.3, 0.4) is 0 Å². The van der Waals surface area contributed by atoms with Crippen molar-refractivity contribution in [3.8, 4) is 5.69 Å². The van der Waals surface area contributed by atoms with E-state index in [2.05, 4.69) is 0 Å². The maximum Gasteiger partial charge on any atom is 0.266 e. The lowest BCUT2D eigenvalue weighted by Crippen LogP contribution is -2.22. The van der Waals surface area contributed by atoms with E-state index in [9.17, 15) is 9.18 Å². The van der Waals surface area contributed by atoms with Crippen molar-refractivity contribution in [3.05, 3.63) is 99.6 Å². The first-order valence-corrected chi connectivity index (χ1v) is 9.98. The third kappa shape index (κ3) is 3.68. The molecule has 28 heavy (non-hydrogen) atoms. The van der Waals surface area contributed by atoms with Gasteiger partial charge in [0, 0.05) is 10.3 Å². The number of nitrogens with zero attached hydrogens (tertiary/aromatic N) is 2. The van der Waals surface area contributed by atoms with Crippen molar-refractivity contribution in [1.82, 2.24) is 9.55 Å². The molecule has 0 radical (unpaired) electrons. The summed E-state index contributed by atoms with van der Waals surface area (Å²) in [6, 6.07) is 20.8. The number of rotatable bonds is 4. The van der Waals surface area contributed by atoms with Gasteiger partial charge in [-0.2, -0.15) is 0 Å². The molecule has 0 unspecified atom stereocenters. The van der Waals surface area contributed by atoms with Crippen LogP contribution < -0.4 is 5.56 Å². The van der Waals surface area contributed by atoms with Gasteiger partial charge < -0.3 is 0 Å². The summed E-state index contributed by atoms with van der Waals surface area (Å²) in [7, 11) is 0. The molecule has 140 valence electrons. The number of hydrogen-bond acceptors (Lipinski definition) is 3. The van der Waals surface area contributed by atoms with Crippen molar-refractivity contribution in [2.45, 2.75) is 17.3 Å². The fourth-order valence-electron chi connectivity index (χ4n) is 2.99. The van der Waals surface area contributed by atoms with Crippen LogP contribution >= 0.6 is 23.4 Å². The second-order valence-corrected chi connectivity index (χ2v) is 8.09. The quantitative estimate of drug-likeness (QED) is 0.304. The van der Waals surface area contributed by atoms with Gasteiger partial charge in [0.05, 0.1) is 16.6 Å². The standard InChI is InChI=1S/C22H16ClFN2OS/c1-14(15-9-11-17(24)12-10-15)28-22-25-20-8-3-2-7-19(20)21(27)26(22)18-6-4-5-16(23)13-18/h2-14H,1H3/t14-/m1/s1. The van der Waals surface area contributed by atoms with Gasteiger partial charge in [0.15, 0.2) is 5.16 Å². The second kappa shape index (κ2) is 7.78. The predicted molar refractivity (Wildman–Crippen MR) is 113 cm³/mol. The fraction of sp³-hybridized carbons (Fsp3) is 0.0909. The van der Waals surface area contributed by atoms with Crippen LogP contribution in [0.25, 0.3) is 16.6 Å². The lowest BCUT2D eigenvalue weighted by atomic mass is 10.2. The normalized spacial score (nSPS) is 12.2. The molecular weight excluding hydrogens is 395 g/mol. The summed E-state index contributed by atoms with van der Waals surface area (Å²) >= 11 is 7.60. The van der Waals surface area contributed by atoms with E-state index in [0.29, 0.717) is 26.8 Å². The zero-order valence-electron chi connectivity index (χ0n) is 15.0. The summed E-state index contributed by atoms with van der Waals surface area (Å²) in [4.78, 5) is 18.0. The van der Waals surface area contributed by atoms with Crippen LogP contribution in [0.2, 0.25) is 5.02 Å². The SMILES string of the molecule is C[C@@H](Sc1nc2ccccc2c(=O)n1-c1cccc(Cl)c1)c1ccc(F)cc1. The highest BCUT2D eigenvalue weighted by Crippen LogP contribution is 2.35. The van der Waals surface area contributed by atoms with Crippen LogP contribution in [0.15, 0.2) is 82.7 Å². The second-order valence-electron chi connectivity index (χ2n) is 6.34. The van der Waals surface area contributed by atoms with Crippen molar-refractivity contribution in [2.75, 3.05) is 0 Å². The summed E-state index contributed by atoms with van der Waals surface area (Å²) in [5, 5.41) is 1.61. The number of thioether (sulfide) groups is 1. The Kier molecular flexibility index (Phi) is 5.20. The minimum atomic E-state index is -0.277. The van der Waals surface area contributed by atoms with Gasteiger partial charge in [-0.3, -0.25) is 9.36 Å². The van der Waals surface area contributed by atoms with Crippen molar-refractivity contribution in [1.29, 1.82) is 0 Å². The zero-order chi connectivity index (χ0) is 19.7. The van der Waals surface area contributed by atoms with E-state index in [1.165, 1.54) is 23.9 Å². The minimum absolute atomic E-state index is 0.0286. The highest BCUT2D eigenvalue weighted by atomic mass is 35.5. The van der Waals surface area contributed by atoms with Crippen molar-refractivity contribution >= 4 is 34.3 Å². The van der Waals surface area contributed by atoms with Crippen LogP contribution in [-0.2, 0) is 0 Å². The lowest BCUT2D eigenvalue weighted by Gasteiger charge is -2.17. The minimum Gasteiger partial charge on any atom is -0.268 e. The van der Waals surface area contributed by atoms with E-state index in [1.54, 1.807) is 41.0 Å². The maximum atomic E-state index is 13.3. The zero-order valence-corrected chi connectivity index (χ0v) is 16.5. The molecule has 6 heteroatoms. The first kappa shape index (κ1) is 18.7. The van der Waals surface area contributed by atoms with Gasteiger partial charge in [-0.15, -0.1) is 0 Å². The molecule has 0 saturated carbocycles. The average molecular weight is 411 g/mol. The third-order valence-electron chi connectivity index (χ3n) is 4.43. The molecule has 4 aromatic rings. The molecule has 0 fully saturated rings. The first-order chi connectivity index (χ1) is 13.5. The fourth-order valence-corrected chi connectivity index (χ4v) is 4.23. The van der Waals surface area contributed by atoms with Crippen LogP contribution in [-0.4, -0.2) is 9.55 Å². The Morgan fingerprint density at radius 1 is 1.04 bits per heavy atom. The molecule has 0 saturated heterocycles. The highest BCUT2D eigenvalue weighted by Gasteiger charge is 2.17. The maximum absolute atomic E-state index is 13.3. The third-order valence-corrected chi connectivity index (χ3v) is 5.78.